The summed E-state index contributed by atoms with van der Waals surface area (Å²) in [5.41, 5.74) is -0.855. The number of allylic oxidation sites excluding steroid dienone is 2. The van der Waals surface area contributed by atoms with Crippen molar-refractivity contribution in [2.75, 3.05) is 19.0 Å². The largest absolute Gasteiger partial charge is 0.373 e. The summed E-state index contributed by atoms with van der Waals surface area (Å²) in [7, 11) is 2.61. The van der Waals surface area contributed by atoms with E-state index in [-0.39, 0.29) is 0 Å². The number of anilines is 1. The van der Waals surface area contributed by atoms with Crippen molar-refractivity contribution in [2.45, 2.75) is 25.7 Å². The van der Waals surface area contributed by atoms with Gasteiger partial charge in [-0.05, 0) is 31.3 Å². The van der Waals surface area contributed by atoms with Crippen LogP contribution in [0.1, 0.15) is 31.2 Å². The zero-order valence-electron chi connectivity index (χ0n) is 11.9. The Balaban J connectivity index is 2.51. The van der Waals surface area contributed by atoms with Crippen LogP contribution in [-0.2, 0) is 0 Å². The molecule has 0 aliphatic heterocycles. The van der Waals surface area contributed by atoms with Crippen molar-refractivity contribution in [2.24, 2.45) is 0 Å². The van der Waals surface area contributed by atoms with Crippen LogP contribution < -0.4 is 4.90 Å². The Hall–Kier alpha value is -1.96. The summed E-state index contributed by atoms with van der Waals surface area (Å²) >= 11 is 0. The van der Waals surface area contributed by atoms with E-state index in [1.807, 2.05) is 6.08 Å². The van der Waals surface area contributed by atoms with Gasteiger partial charge in [-0.25, -0.2) is 17.6 Å². The van der Waals surface area contributed by atoms with Gasteiger partial charge in [0.05, 0.1) is 0 Å². The molecular weight excluding hydrogens is 282 g/mol. The maximum Gasteiger partial charge on any atom is 0.186 e. The summed E-state index contributed by atoms with van der Waals surface area (Å²) in [6.07, 6.45) is 5.46. The highest BCUT2D eigenvalue weighted by molar-refractivity contribution is 5.55. The van der Waals surface area contributed by atoms with Gasteiger partial charge in [-0.1, -0.05) is 17.9 Å². The van der Waals surface area contributed by atoms with E-state index in [0.29, 0.717) is 0 Å². The second kappa shape index (κ2) is 6.21. The maximum absolute atomic E-state index is 13.9. The topological polar surface area (TPSA) is 3.24 Å². The van der Waals surface area contributed by atoms with Crippen LogP contribution in [0.25, 0.3) is 0 Å². The molecule has 1 nitrogen and oxygen atoms in total. The Bertz CT molecular complexity index is 621. The lowest BCUT2D eigenvalue weighted by Crippen LogP contribution is -2.16. The molecule has 0 aromatic heterocycles. The first-order chi connectivity index (χ1) is 9.93. The first-order valence-electron chi connectivity index (χ1n) is 6.67. The molecule has 5 heteroatoms. The van der Waals surface area contributed by atoms with Gasteiger partial charge in [-0.3, -0.25) is 0 Å². The molecule has 0 saturated heterocycles. The smallest absolute Gasteiger partial charge is 0.186 e. The van der Waals surface area contributed by atoms with Gasteiger partial charge in [-0.15, -0.1) is 0 Å². The van der Waals surface area contributed by atoms with E-state index in [0.717, 1.165) is 36.2 Å². The third-order valence-corrected chi connectivity index (χ3v) is 3.33. The van der Waals surface area contributed by atoms with E-state index in [2.05, 4.69) is 11.8 Å². The molecule has 1 aliphatic carbocycles. The zero-order valence-corrected chi connectivity index (χ0v) is 11.9. The second-order valence-corrected chi connectivity index (χ2v) is 5.10. The Morgan fingerprint density at radius 2 is 1.52 bits per heavy atom. The van der Waals surface area contributed by atoms with Crippen LogP contribution in [0.15, 0.2) is 11.6 Å². The molecule has 0 spiro atoms. The third-order valence-electron chi connectivity index (χ3n) is 3.33. The molecule has 0 atom stereocenters. The standard InChI is InChI=1S/C16H15F4N/c1-21(2)16-14(19)12(17)11(13(18)15(16)20)9-8-10-6-4-3-5-7-10/h6H,3-5,7H2,1-2H3. The molecule has 0 bridgehead atoms. The summed E-state index contributed by atoms with van der Waals surface area (Å²) in [4.78, 5) is 0.984. The molecule has 1 aliphatic rings. The van der Waals surface area contributed by atoms with Crippen molar-refractivity contribution in [3.05, 3.63) is 40.5 Å². The average molecular weight is 297 g/mol. The Kier molecular flexibility index (Phi) is 4.56. The molecular formula is C16H15F4N. The third kappa shape index (κ3) is 3.05. The lowest BCUT2D eigenvalue weighted by molar-refractivity contribution is 0.451. The molecule has 0 fully saturated rings. The van der Waals surface area contributed by atoms with E-state index in [9.17, 15) is 17.6 Å². The van der Waals surface area contributed by atoms with E-state index in [4.69, 9.17) is 0 Å². The van der Waals surface area contributed by atoms with E-state index in [1.54, 1.807) is 0 Å². The first-order valence-corrected chi connectivity index (χ1v) is 6.67. The second-order valence-electron chi connectivity index (χ2n) is 5.10. The molecule has 0 heterocycles. The molecule has 112 valence electrons. The van der Waals surface area contributed by atoms with Crippen LogP contribution in [-0.4, -0.2) is 14.1 Å². The Morgan fingerprint density at radius 1 is 0.905 bits per heavy atom. The van der Waals surface area contributed by atoms with Crippen LogP contribution >= 0.6 is 0 Å². The zero-order chi connectivity index (χ0) is 15.6. The van der Waals surface area contributed by atoms with Gasteiger partial charge in [0, 0.05) is 14.1 Å². The fourth-order valence-electron chi connectivity index (χ4n) is 2.22. The molecule has 1 aromatic carbocycles. The summed E-state index contributed by atoms with van der Waals surface area (Å²) in [5, 5.41) is 0. The van der Waals surface area contributed by atoms with Gasteiger partial charge in [-0.2, -0.15) is 0 Å². The molecule has 1 aromatic rings. The van der Waals surface area contributed by atoms with Crippen LogP contribution in [0.2, 0.25) is 0 Å². The summed E-state index contributed by atoms with van der Waals surface area (Å²) in [6.45, 7) is 0. The fourth-order valence-corrected chi connectivity index (χ4v) is 2.22. The van der Waals surface area contributed by atoms with Crippen molar-refractivity contribution in [1.82, 2.24) is 0 Å². The fraction of sp³-hybridized carbons (Fsp3) is 0.375. The van der Waals surface area contributed by atoms with Crippen molar-refractivity contribution >= 4 is 5.69 Å². The molecule has 0 N–H and O–H groups in total. The lowest BCUT2D eigenvalue weighted by Gasteiger charge is -2.16. The van der Waals surface area contributed by atoms with Crippen molar-refractivity contribution in [3.63, 3.8) is 0 Å². The lowest BCUT2D eigenvalue weighted by atomic mass is 9.99. The maximum atomic E-state index is 13.9. The Morgan fingerprint density at radius 3 is 2.00 bits per heavy atom. The molecule has 0 unspecified atom stereocenters. The minimum absolute atomic E-state index is 0.719. The van der Waals surface area contributed by atoms with Crippen LogP contribution in [0, 0.1) is 35.1 Å². The van der Waals surface area contributed by atoms with Crippen LogP contribution in [0.4, 0.5) is 23.2 Å². The predicted octanol–water partition coefficient (Wildman–Crippen LogP) is 4.16. The summed E-state index contributed by atoms with van der Waals surface area (Å²) < 4.78 is 55.4. The van der Waals surface area contributed by atoms with Gasteiger partial charge in [0.25, 0.3) is 0 Å². The highest BCUT2D eigenvalue weighted by Crippen LogP contribution is 2.29. The van der Waals surface area contributed by atoms with Crippen LogP contribution in [0.5, 0.6) is 0 Å². The molecule has 0 saturated carbocycles. The number of hydrogen-bond acceptors (Lipinski definition) is 1. The van der Waals surface area contributed by atoms with Gasteiger partial charge in [0.2, 0.25) is 0 Å². The predicted molar refractivity (Wildman–Crippen MR) is 74.0 cm³/mol. The van der Waals surface area contributed by atoms with Gasteiger partial charge in [0.1, 0.15) is 11.3 Å². The van der Waals surface area contributed by atoms with Gasteiger partial charge in [0.15, 0.2) is 23.3 Å². The average Bonchev–Trinajstić information content (AvgIpc) is 2.46. The number of hydrogen-bond donors (Lipinski definition) is 0. The molecule has 0 amide bonds. The molecule has 0 radical (unpaired) electrons. The Labute approximate surface area is 121 Å². The van der Waals surface area contributed by atoms with E-state index in [1.165, 1.54) is 14.1 Å². The number of rotatable bonds is 1. The minimum atomic E-state index is -1.46. The highest BCUT2D eigenvalue weighted by Gasteiger charge is 2.25. The van der Waals surface area contributed by atoms with E-state index < -0.39 is 34.5 Å². The number of nitrogens with zero attached hydrogens (tertiary/aromatic N) is 1. The highest BCUT2D eigenvalue weighted by atomic mass is 19.2. The molecule has 2 rings (SSSR count). The number of benzene rings is 1. The quantitative estimate of drug-likeness (QED) is 0.427. The van der Waals surface area contributed by atoms with Crippen LogP contribution in [0.3, 0.4) is 0 Å². The number of halogens is 4. The monoisotopic (exact) mass is 297 g/mol. The van der Waals surface area contributed by atoms with Crippen molar-refractivity contribution < 1.29 is 17.6 Å². The first kappa shape index (κ1) is 15.4. The minimum Gasteiger partial charge on any atom is -0.373 e. The van der Waals surface area contributed by atoms with Crippen molar-refractivity contribution in [1.29, 1.82) is 0 Å². The SMILES string of the molecule is CN(C)c1c(F)c(F)c(C#CC2=CCCCC2)c(F)c1F. The normalized spacial score (nSPS) is 14.3. The summed E-state index contributed by atoms with van der Waals surface area (Å²) in [6, 6.07) is 0. The van der Waals surface area contributed by atoms with Gasteiger partial charge < -0.3 is 4.90 Å². The van der Waals surface area contributed by atoms with Gasteiger partial charge >= 0.3 is 0 Å². The van der Waals surface area contributed by atoms with Crippen molar-refractivity contribution in [3.8, 4) is 11.8 Å². The summed E-state index contributed by atoms with van der Waals surface area (Å²) in [5.74, 6) is -0.935. The molecule has 21 heavy (non-hydrogen) atoms. The van der Waals surface area contributed by atoms with E-state index >= 15 is 0 Å².